The molecule has 2 rings (SSSR count). The summed E-state index contributed by atoms with van der Waals surface area (Å²) in [5.74, 6) is 1.14. The predicted octanol–water partition coefficient (Wildman–Crippen LogP) is 3.56. The quantitative estimate of drug-likeness (QED) is 0.839. The minimum atomic E-state index is -0.335. The number of ether oxygens (including phenoxy) is 1. The van der Waals surface area contributed by atoms with E-state index >= 15 is 0 Å². The van der Waals surface area contributed by atoms with Crippen LogP contribution in [-0.2, 0) is 4.74 Å². The van der Waals surface area contributed by atoms with E-state index in [9.17, 15) is 4.79 Å². The Morgan fingerprint density at radius 3 is 2.95 bits per heavy atom. The van der Waals surface area contributed by atoms with E-state index in [1.54, 1.807) is 12.3 Å². The van der Waals surface area contributed by atoms with E-state index in [4.69, 9.17) is 4.74 Å². The maximum Gasteiger partial charge on any atom is 0.357 e. The van der Waals surface area contributed by atoms with E-state index in [0.717, 1.165) is 11.0 Å². The van der Waals surface area contributed by atoms with Gasteiger partial charge in [-0.3, -0.25) is 0 Å². The van der Waals surface area contributed by atoms with Gasteiger partial charge in [-0.2, -0.15) is 0 Å². The van der Waals surface area contributed by atoms with Gasteiger partial charge in [-0.15, -0.1) is 11.3 Å². The summed E-state index contributed by atoms with van der Waals surface area (Å²) in [5.41, 5.74) is 0.409. The highest BCUT2D eigenvalue weighted by atomic mass is 32.1. The van der Waals surface area contributed by atoms with E-state index in [2.05, 4.69) is 24.1 Å². The Labute approximate surface area is 118 Å². The highest BCUT2D eigenvalue weighted by molar-refractivity contribution is 7.13. The van der Waals surface area contributed by atoms with Crippen LogP contribution in [0.15, 0.2) is 5.38 Å². The van der Waals surface area contributed by atoms with Crippen molar-refractivity contribution in [2.75, 3.05) is 11.9 Å². The van der Waals surface area contributed by atoms with Gasteiger partial charge >= 0.3 is 5.97 Å². The standard InChI is InChI=1S/C14H22N2O2S/c1-4-10-6-7-11(9(10)3)15-14-16-12(8-19-14)13(17)18-5-2/h8-11H,4-7H2,1-3H3,(H,15,16). The normalized spacial score (nSPS) is 26.4. The molecule has 1 aromatic heterocycles. The number of thiazole rings is 1. The molecule has 1 aliphatic rings. The number of aromatic nitrogens is 1. The Morgan fingerprint density at radius 1 is 1.53 bits per heavy atom. The summed E-state index contributed by atoms with van der Waals surface area (Å²) < 4.78 is 4.94. The molecule has 19 heavy (non-hydrogen) atoms. The van der Waals surface area contributed by atoms with Crippen molar-refractivity contribution in [1.29, 1.82) is 0 Å². The fourth-order valence-electron chi connectivity index (χ4n) is 2.82. The molecule has 0 aliphatic heterocycles. The van der Waals surface area contributed by atoms with Crippen LogP contribution >= 0.6 is 11.3 Å². The third-order valence-electron chi connectivity index (χ3n) is 4.05. The van der Waals surface area contributed by atoms with Gasteiger partial charge in [0.1, 0.15) is 0 Å². The molecular weight excluding hydrogens is 260 g/mol. The third kappa shape index (κ3) is 3.26. The lowest BCUT2D eigenvalue weighted by atomic mass is 9.94. The van der Waals surface area contributed by atoms with Crippen molar-refractivity contribution < 1.29 is 9.53 Å². The van der Waals surface area contributed by atoms with Gasteiger partial charge in [0.05, 0.1) is 6.61 Å². The number of esters is 1. The molecule has 1 aromatic rings. The molecule has 3 atom stereocenters. The first-order chi connectivity index (χ1) is 9.15. The van der Waals surface area contributed by atoms with Gasteiger partial charge < -0.3 is 10.1 Å². The molecule has 1 aliphatic carbocycles. The second-order valence-electron chi connectivity index (χ2n) is 5.11. The number of anilines is 1. The summed E-state index contributed by atoms with van der Waals surface area (Å²) in [6.07, 6.45) is 3.71. The van der Waals surface area contributed by atoms with E-state index in [-0.39, 0.29) is 5.97 Å². The number of rotatable bonds is 5. The molecule has 0 saturated heterocycles. The molecule has 0 spiro atoms. The smallest absolute Gasteiger partial charge is 0.357 e. The summed E-state index contributed by atoms with van der Waals surface area (Å²) in [5, 5.41) is 6.06. The topological polar surface area (TPSA) is 51.2 Å². The molecule has 3 unspecified atom stereocenters. The number of hydrogen-bond acceptors (Lipinski definition) is 5. The molecule has 1 fully saturated rings. The van der Waals surface area contributed by atoms with Gasteiger partial charge in [0, 0.05) is 11.4 Å². The van der Waals surface area contributed by atoms with Crippen molar-refractivity contribution in [2.45, 2.75) is 46.1 Å². The molecule has 0 amide bonds. The van der Waals surface area contributed by atoms with Crippen molar-refractivity contribution in [3.63, 3.8) is 0 Å². The van der Waals surface area contributed by atoms with Crippen LogP contribution in [0.3, 0.4) is 0 Å². The van der Waals surface area contributed by atoms with Crippen LogP contribution in [-0.4, -0.2) is 23.6 Å². The first-order valence-electron chi connectivity index (χ1n) is 7.04. The lowest BCUT2D eigenvalue weighted by Crippen LogP contribution is -2.24. The second kappa shape index (κ2) is 6.37. The lowest BCUT2D eigenvalue weighted by Gasteiger charge is -2.20. The fourth-order valence-corrected chi connectivity index (χ4v) is 3.57. The molecule has 1 N–H and O–H groups in total. The Morgan fingerprint density at radius 2 is 2.32 bits per heavy atom. The molecule has 106 valence electrons. The minimum Gasteiger partial charge on any atom is -0.461 e. The van der Waals surface area contributed by atoms with Gasteiger partial charge in [-0.1, -0.05) is 20.3 Å². The van der Waals surface area contributed by atoms with Crippen LogP contribution in [0.25, 0.3) is 0 Å². The molecule has 0 aromatic carbocycles. The van der Waals surface area contributed by atoms with Crippen LogP contribution in [0.5, 0.6) is 0 Å². The fraction of sp³-hybridized carbons (Fsp3) is 0.714. The van der Waals surface area contributed by atoms with E-state index in [1.807, 2.05) is 0 Å². The molecule has 4 nitrogen and oxygen atoms in total. The van der Waals surface area contributed by atoms with E-state index in [1.165, 1.54) is 30.6 Å². The summed E-state index contributed by atoms with van der Waals surface area (Å²) >= 11 is 1.48. The Bertz CT molecular complexity index is 433. The SMILES string of the molecule is CCOC(=O)c1csc(NC2CCC(CC)C2C)n1. The molecule has 0 radical (unpaired) electrons. The third-order valence-corrected chi connectivity index (χ3v) is 4.82. The maximum atomic E-state index is 11.6. The van der Waals surface area contributed by atoms with Gasteiger partial charge in [-0.05, 0) is 31.6 Å². The lowest BCUT2D eigenvalue weighted by molar-refractivity contribution is 0.0520. The van der Waals surface area contributed by atoms with Crippen molar-refractivity contribution in [3.8, 4) is 0 Å². The number of nitrogens with one attached hydrogen (secondary N) is 1. The number of nitrogens with zero attached hydrogens (tertiary/aromatic N) is 1. The first-order valence-corrected chi connectivity index (χ1v) is 7.92. The first kappa shape index (κ1) is 14.3. The van der Waals surface area contributed by atoms with Crippen molar-refractivity contribution in [2.24, 2.45) is 11.8 Å². The predicted molar refractivity (Wildman–Crippen MR) is 77.7 cm³/mol. The van der Waals surface area contributed by atoms with Crippen LogP contribution in [0.2, 0.25) is 0 Å². The second-order valence-corrected chi connectivity index (χ2v) is 5.97. The molecule has 1 saturated carbocycles. The molecule has 0 bridgehead atoms. The number of carbonyl (C=O) groups is 1. The highest BCUT2D eigenvalue weighted by Gasteiger charge is 2.31. The van der Waals surface area contributed by atoms with Gasteiger partial charge in [0.2, 0.25) is 0 Å². The Hall–Kier alpha value is -1.10. The average molecular weight is 282 g/mol. The van der Waals surface area contributed by atoms with Crippen molar-refractivity contribution >= 4 is 22.4 Å². The van der Waals surface area contributed by atoms with Crippen molar-refractivity contribution in [3.05, 3.63) is 11.1 Å². The molecule has 5 heteroatoms. The highest BCUT2D eigenvalue weighted by Crippen LogP contribution is 2.36. The monoisotopic (exact) mass is 282 g/mol. The average Bonchev–Trinajstić information content (AvgIpc) is 2.99. The van der Waals surface area contributed by atoms with Crippen LogP contribution in [0.1, 0.15) is 50.5 Å². The number of hydrogen-bond donors (Lipinski definition) is 1. The van der Waals surface area contributed by atoms with Crippen LogP contribution in [0, 0.1) is 11.8 Å². The van der Waals surface area contributed by atoms with Gasteiger partial charge in [-0.25, -0.2) is 9.78 Å². The molecular formula is C14H22N2O2S. The van der Waals surface area contributed by atoms with E-state index < -0.39 is 0 Å². The zero-order valence-corrected chi connectivity index (χ0v) is 12.6. The minimum absolute atomic E-state index is 0.335. The van der Waals surface area contributed by atoms with Gasteiger partial charge in [0.25, 0.3) is 0 Å². The number of carbonyl (C=O) groups excluding carboxylic acids is 1. The Kier molecular flexibility index (Phi) is 4.80. The zero-order chi connectivity index (χ0) is 13.8. The summed E-state index contributed by atoms with van der Waals surface area (Å²) in [6, 6.07) is 0.478. The zero-order valence-electron chi connectivity index (χ0n) is 11.8. The molecule has 1 heterocycles. The van der Waals surface area contributed by atoms with Crippen LogP contribution in [0.4, 0.5) is 5.13 Å². The maximum absolute atomic E-state index is 11.6. The van der Waals surface area contributed by atoms with E-state index in [0.29, 0.717) is 24.3 Å². The van der Waals surface area contributed by atoms with Crippen LogP contribution < -0.4 is 5.32 Å². The summed E-state index contributed by atoms with van der Waals surface area (Å²) in [7, 11) is 0. The summed E-state index contributed by atoms with van der Waals surface area (Å²) in [4.78, 5) is 15.9. The van der Waals surface area contributed by atoms with Crippen molar-refractivity contribution in [1.82, 2.24) is 4.98 Å². The van der Waals surface area contributed by atoms with Gasteiger partial charge in [0.15, 0.2) is 10.8 Å². The Balaban J connectivity index is 1.95. The largest absolute Gasteiger partial charge is 0.461 e. The summed E-state index contributed by atoms with van der Waals surface area (Å²) in [6.45, 7) is 6.75.